The summed E-state index contributed by atoms with van der Waals surface area (Å²) in [6.07, 6.45) is 10.7. The molecule has 0 spiro atoms. The number of ketones is 1. The van der Waals surface area contributed by atoms with Gasteiger partial charge < -0.3 is 19.9 Å². The molecule has 1 aliphatic heterocycles. The number of Topliss-reactive ketones (excluding diaryl/α,β-unsaturated/α-hetero) is 1. The molecule has 6 heteroatoms. The van der Waals surface area contributed by atoms with E-state index in [0.29, 0.717) is 17.9 Å². The van der Waals surface area contributed by atoms with Crippen molar-refractivity contribution in [3.63, 3.8) is 0 Å². The Morgan fingerprint density at radius 3 is 1.96 bits per heavy atom. The molecule has 150 valence electrons. The van der Waals surface area contributed by atoms with E-state index >= 15 is 0 Å². The molecular weight excluding hydrogens is 358 g/mol. The zero-order chi connectivity index (χ0) is 20.1. The van der Waals surface area contributed by atoms with Crippen LogP contribution in [0.1, 0.15) is 58.3 Å². The van der Waals surface area contributed by atoms with Gasteiger partial charge in [-0.15, -0.1) is 0 Å². The lowest BCUT2D eigenvalue weighted by atomic mass is 9.91. The fourth-order valence-corrected chi connectivity index (χ4v) is 4.66. The van der Waals surface area contributed by atoms with Crippen LogP contribution in [0.2, 0.25) is 0 Å². The van der Waals surface area contributed by atoms with Crippen molar-refractivity contribution in [2.75, 3.05) is 19.6 Å². The summed E-state index contributed by atoms with van der Waals surface area (Å²) in [5.41, 5.74) is 7.01. The summed E-state index contributed by atoms with van der Waals surface area (Å²) in [5.74, 6) is -2.36. The van der Waals surface area contributed by atoms with E-state index in [1.54, 1.807) is 0 Å². The van der Waals surface area contributed by atoms with Crippen LogP contribution in [0, 0.1) is 0 Å². The highest BCUT2D eigenvalue weighted by atomic mass is 16.4. The third-order valence-corrected chi connectivity index (χ3v) is 5.84. The van der Waals surface area contributed by atoms with Crippen molar-refractivity contribution in [2.45, 2.75) is 51.4 Å². The molecular formula is C22H27NO5. The smallest absolute Gasteiger partial charge is 0.328 e. The minimum Gasteiger partial charge on any atom is -0.545 e. The van der Waals surface area contributed by atoms with Crippen molar-refractivity contribution in [3.8, 4) is 0 Å². The Balaban J connectivity index is 0.000000242. The summed E-state index contributed by atoms with van der Waals surface area (Å²) in [5, 5.41) is 17.2. The zero-order valence-corrected chi connectivity index (χ0v) is 16.1. The molecule has 1 heterocycles. The van der Waals surface area contributed by atoms with Gasteiger partial charge in [0.15, 0.2) is 0 Å². The molecule has 28 heavy (non-hydrogen) atoms. The van der Waals surface area contributed by atoms with Gasteiger partial charge in [-0.1, -0.05) is 6.07 Å². The quantitative estimate of drug-likeness (QED) is 0.545. The van der Waals surface area contributed by atoms with Crippen LogP contribution < -0.4 is 10.0 Å². The van der Waals surface area contributed by atoms with Gasteiger partial charge in [0, 0.05) is 24.5 Å². The molecule has 2 aliphatic carbocycles. The third kappa shape index (κ3) is 4.87. The lowest BCUT2D eigenvalue weighted by Crippen LogP contribution is -3.10. The van der Waals surface area contributed by atoms with Crippen LogP contribution in [0.4, 0.5) is 0 Å². The number of nitrogens with one attached hydrogen (secondary N) is 1. The molecule has 4 rings (SSSR count). The number of aliphatic carboxylic acids is 2. The number of hydrogen-bond acceptors (Lipinski definition) is 4. The molecule has 0 saturated carbocycles. The standard InChI is InChI=1S/C18H23NO.C4H4O4/c20-17(12-19-9-1-2-10-19)18-15-7-3-5-13(15)11-14-6-4-8-16(14)18;5-3(6)1-2-4(7)8/h11H,1-10,12H2;1-2H,(H,5,6)(H,7,8)/b;2-1-. The van der Waals surface area contributed by atoms with Crippen LogP contribution in [-0.4, -0.2) is 42.5 Å². The predicted octanol–water partition coefficient (Wildman–Crippen LogP) is -0.0975. The van der Waals surface area contributed by atoms with E-state index in [1.807, 2.05) is 0 Å². The molecule has 0 bridgehead atoms. The van der Waals surface area contributed by atoms with Crippen LogP contribution >= 0.6 is 0 Å². The Morgan fingerprint density at radius 2 is 1.50 bits per heavy atom. The Labute approximate surface area is 164 Å². The molecule has 0 atom stereocenters. The van der Waals surface area contributed by atoms with Crippen molar-refractivity contribution in [3.05, 3.63) is 46.0 Å². The van der Waals surface area contributed by atoms with Gasteiger partial charge in [0.25, 0.3) is 0 Å². The maximum atomic E-state index is 12.9. The first-order chi connectivity index (χ1) is 13.5. The van der Waals surface area contributed by atoms with E-state index in [0.717, 1.165) is 19.4 Å². The number of fused-ring (bicyclic) bond motifs is 2. The second-order valence-electron chi connectivity index (χ2n) is 7.78. The molecule has 1 fully saturated rings. The number of likely N-dealkylation sites (tertiary alicyclic amines) is 1. The minimum absolute atomic E-state index is 0.443. The number of carboxylic acid groups (broad SMARTS) is 2. The van der Waals surface area contributed by atoms with Crippen LogP contribution in [0.5, 0.6) is 0 Å². The molecule has 0 amide bonds. The van der Waals surface area contributed by atoms with Crippen molar-refractivity contribution >= 4 is 17.7 Å². The average Bonchev–Trinajstić information content (AvgIpc) is 3.39. The predicted molar refractivity (Wildman–Crippen MR) is 101 cm³/mol. The van der Waals surface area contributed by atoms with Gasteiger partial charge in [-0.3, -0.25) is 4.79 Å². The molecule has 1 saturated heterocycles. The third-order valence-electron chi connectivity index (χ3n) is 5.84. The molecule has 6 nitrogen and oxygen atoms in total. The lowest BCUT2D eigenvalue weighted by Gasteiger charge is -2.16. The largest absolute Gasteiger partial charge is 0.545 e. The molecule has 1 aromatic carbocycles. The van der Waals surface area contributed by atoms with Gasteiger partial charge >= 0.3 is 5.97 Å². The monoisotopic (exact) mass is 385 g/mol. The van der Waals surface area contributed by atoms with Gasteiger partial charge in [-0.25, -0.2) is 4.79 Å². The van der Waals surface area contributed by atoms with Gasteiger partial charge in [0.05, 0.1) is 19.1 Å². The van der Waals surface area contributed by atoms with Crippen LogP contribution in [0.15, 0.2) is 18.2 Å². The number of rotatable bonds is 5. The average molecular weight is 385 g/mol. The number of quaternary nitrogens is 1. The summed E-state index contributed by atoms with van der Waals surface area (Å²) in [4.78, 5) is 33.4. The fraction of sp³-hybridized carbons (Fsp3) is 0.500. The summed E-state index contributed by atoms with van der Waals surface area (Å²) in [6.45, 7) is 3.13. The number of hydrogen-bond donors (Lipinski definition) is 2. The van der Waals surface area contributed by atoms with Crippen LogP contribution in [-0.2, 0) is 35.3 Å². The van der Waals surface area contributed by atoms with E-state index in [4.69, 9.17) is 5.11 Å². The Kier molecular flexibility index (Phi) is 6.62. The molecule has 0 radical (unpaired) electrons. The molecule has 3 aliphatic rings. The summed E-state index contributed by atoms with van der Waals surface area (Å²) < 4.78 is 0. The highest BCUT2D eigenvalue weighted by Crippen LogP contribution is 2.35. The molecule has 2 N–H and O–H groups in total. The number of carbonyl (C=O) groups is 3. The fourth-order valence-electron chi connectivity index (χ4n) is 4.66. The first-order valence-corrected chi connectivity index (χ1v) is 10.1. The lowest BCUT2D eigenvalue weighted by molar-refractivity contribution is -0.878. The zero-order valence-electron chi connectivity index (χ0n) is 16.1. The maximum Gasteiger partial charge on any atom is 0.328 e. The first-order valence-electron chi connectivity index (χ1n) is 10.1. The summed E-state index contributed by atoms with van der Waals surface area (Å²) >= 11 is 0. The van der Waals surface area contributed by atoms with E-state index < -0.39 is 11.9 Å². The van der Waals surface area contributed by atoms with Gasteiger partial charge in [0.2, 0.25) is 5.78 Å². The van der Waals surface area contributed by atoms with Crippen molar-refractivity contribution in [1.82, 2.24) is 0 Å². The van der Waals surface area contributed by atoms with Gasteiger partial charge in [-0.05, 0) is 66.9 Å². The van der Waals surface area contributed by atoms with Gasteiger partial charge in [0.1, 0.15) is 6.54 Å². The molecule has 0 aromatic heterocycles. The van der Waals surface area contributed by atoms with E-state index in [-0.39, 0.29) is 0 Å². The number of carboxylic acids is 2. The Bertz CT molecular complexity index is 757. The van der Waals surface area contributed by atoms with Crippen molar-refractivity contribution < 1.29 is 29.5 Å². The van der Waals surface area contributed by atoms with Crippen molar-refractivity contribution in [2.24, 2.45) is 0 Å². The highest BCUT2D eigenvalue weighted by Gasteiger charge is 2.29. The van der Waals surface area contributed by atoms with E-state index in [1.165, 1.54) is 84.3 Å². The first kappa shape index (κ1) is 20.3. The Hall–Kier alpha value is -2.47. The van der Waals surface area contributed by atoms with E-state index in [2.05, 4.69) is 6.07 Å². The second kappa shape index (κ2) is 9.15. The summed E-state index contributed by atoms with van der Waals surface area (Å²) in [6, 6.07) is 2.42. The second-order valence-corrected chi connectivity index (χ2v) is 7.78. The molecule has 1 aromatic rings. The highest BCUT2D eigenvalue weighted by molar-refractivity contribution is 6.00. The van der Waals surface area contributed by atoms with Crippen LogP contribution in [0.25, 0.3) is 0 Å². The maximum absolute atomic E-state index is 12.9. The van der Waals surface area contributed by atoms with Crippen LogP contribution in [0.3, 0.4) is 0 Å². The van der Waals surface area contributed by atoms with Gasteiger partial charge in [-0.2, -0.15) is 0 Å². The number of carbonyl (C=O) groups excluding carboxylic acids is 2. The minimum atomic E-state index is -1.51. The number of benzene rings is 1. The topological polar surface area (TPSA) is 98.9 Å². The van der Waals surface area contributed by atoms with Crippen molar-refractivity contribution in [1.29, 1.82) is 0 Å². The Morgan fingerprint density at radius 1 is 0.929 bits per heavy atom. The molecule has 0 unspecified atom stereocenters. The number of aryl methyl sites for hydroxylation is 2. The normalized spacial score (nSPS) is 17.9. The SMILES string of the molecule is O=C(C[NH+]1CCCC1)c1c2c(cc3c1CCC3)CCC2.O=C([O-])/C=C\C(=O)O. The summed E-state index contributed by atoms with van der Waals surface area (Å²) in [7, 11) is 0. The van der Waals surface area contributed by atoms with E-state index in [9.17, 15) is 19.5 Å².